The molecule has 0 saturated carbocycles. The van der Waals surface area contributed by atoms with Crippen LogP contribution in [0.25, 0.3) is 0 Å². The van der Waals surface area contributed by atoms with Crippen LogP contribution in [0.2, 0.25) is 0 Å². The van der Waals surface area contributed by atoms with Crippen LogP contribution in [0.5, 0.6) is 0 Å². The van der Waals surface area contributed by atoms with Crippen molar-refractivity contribution >= 4 is 33.7 Å². The summed E-state index contributed by atoms with van der Waals surface area (Å²) in [6.45, 7) is 0. The highest BCUT2D eigenvalue weighted by atomic mass is 79.9. The first-order valence-corrected chi connectivity index (χ1v) is 7.01. The van der Waals surface area contributed by atoms with Crippen molar-refractivity contribution in [2.75, 3.05) is 0 Å². The number of carbonyl (C=O) groups is 1. The molecule has 0 spiro atoms. The number of nitrogens with zero attached hydrogens (tertiary/aromatic N) is 1. The Bertz CT molecular complexity index is 574. The predicted molar refractivity (Wildman–Crippen MR) is 74.9 cm³/mol. The van der Waals surface area contributed by atoms with Crippen molar-refractivity contribution in [3.63, 3.8) is 0 Å². The molecule has 0 atom stereocenters. The fraction of sp³-hybridized carbons (Fsp3) is 0.0769. The highest BCUT2D eigenvalue weighted by Gasteiger charge is 2.11. The lowest BCUT2D eigenvalue weighted by atomic mass is 10.2. The Morgan fingerprint density at radius 1 is 1.28 bits per heavy atom. The normalized spacial score (nSPS) is 10.3. The number of rotatable bonds is 4. The van der Waals surface area contributed by atoms with E-state index in [0.717, 1.165) is 14.9 Å². The third kappa shape index (κ3) is 3.11. The van der Waals surface area contributed by atoms with Crippen LogP contribution in [0.1, 0.15) is 16.1 Å². The number of carboxylic acids is 1. The van der Waals surface area contributed by atoms with Crippen LogP contribution in [0.15, 0.2) is 52.0 Å². The topological polar surface area (TPSA) is 50.2 Å². The molecule has 2 rings (SSSR count). The fourth-order valence-electron chi connectivity index (χ4n) is 1.46. The van der Waals surface area contributed by atoms with Gasteiger partial charge in [-0.15, -0.1) is 11.8 Å². The van der Waals surface area contributed by atoms with Gasteiger partial charge in [-0.3, -0.25) is 0 Å². The van der Waals surface area contributed by atoms with Gasteiger partial charge >= 0.3 is 5.97 Å². The molecule has 0 aliphatic carbocycles. The van der Waals surface area contributed by atoms with Crippen LogP contribution in [0.3, 0.4) is 0 Å². The zero-order valence-corrected chi connectivity index (χ0v) is 11.7. The van der Waals surface area contributed by atoms with Crippen molar-refractivity contribution in [1.29, 1.82) is 0 Å². The standard InChI is InChI=1S/C13H10BrNO2S/c14-10-5-1-2-6-11(10)18-8-9-4-3-7-15-12(9)13(16)17/h1-7H,8H2,(H,16,17). The highest BCUT2D eigenvalue weighted by molar-refractivity contribution is 9.10. The lowest BCUT2D eigenvalue weighted by Crippen LogP contribution is -2.04. The number of benzene rings is 1. The monoisotopic (exact) mass is 323 g/mol. The van der Waals surface area contributed by atoms with Gasteiger partial charge in [0.05, 0.1) is 0 Å². The van der Waals surface area contributed by atoms with Crippen LogP contribution in [-0.2, 0) is 5.75 Å². The maximum atomic E-state index is 11.0. The molecule has 92 valence electrons. The van der Waals surface area contributed by atoms with E-state index in [1.54, 1.807) is 23.9 Å². The second-order valence-electron chi connectivity index (χ2n) is 3.54. The molecule has 1 aromatic heterocycles. The Balaban J connectivity index is 2.16. The molecule has 0 aliphatic heterocycles. The smallest absolute Gasteiger partial charge is 0.354 e. The van der Waals surface area contributed by atoms with Crippen LogP contribution < -0.4 is 0 Å². The van der Waals surface area contributed by atoms with Crippen molar-refractivity contribution < 1.29 is 9.90 Å². The molecule has 5 heteroatoms. The number of halogens is 1. The largest absolute Gasteiger partial charge is 0.477 e. The first-order valence-electron chi connectivity index (χ1n) is 5.23. The first-order chi connectivity index (χ1) is 8.68. The van der Waals surface area contributed by atoms with Crippen molar-refractivity contribution in [3.05, 3.63) is 58.3 Å². The molecule has 18 heavy (non-hydrogen) atoms. The summed E-state index contributed by atoms with van der Waals surface area (Å²) < 4.78 is 1.01. The Kier molecular flexibility index (Phi) is 4.38. The van der Waals surface area contributed by atoms with Gasteiger partial charge in [0.15, 0.2) is 5.69 Å². The Hall–Kier alpha value is -1.33. The molecule has 0 amide bonds. The molecule has 0 bridgehead atoms. The van der Waals surface area contributed by atoms with Crippen molar-refractivity contribution in [1.82, 2.24) is 4.98 Å². The Morgan fingerprint density at radius 3 is 2.78 bits per heavy atom. The number of aromatic nitrogens is 1. The van der Waals surface area contributed by atoms with Gasteiger partial charge in [-0.05, 0) is 39.7 Å². The summed E-state index contributed by atoms with van der Waals surface area (Å²) in [4.78, 5) is 16.0. The molecule has 1 N–H and O–H groups in total. The molecule has 0 fully saturated rings. The molecule has 0 radical (unpaired) electrons. The van der Waals surface area contributed by atoms with Gasteiger partial charge in [-0.25, -0.2) is 9.78 Å². The number of hydrogen-bond acceptors (Lipinski definition) is 3. The summed E-state index contributed by atoms with van der Waals surface area (Å²) in [7, 11) is 0. The van der Waals surface area contributed by atoms with E-state index in [0.29, 0.717) is 5.75 Å². The molecule has 1 aromatic carbocycles. The molecule has 2 aromatic rings. The maximum Gasteiger partial charge on any atom is 0.354 e. The summed E-state index contributed by atoms with van der Waals surface area (Å²) in [5.41, 5.74) is 0.850. The van der Waals surface area contributed by atoms with Crippen LogP contribution in [0.4, 0.5) is 0 Å². The van der Waals surface area contributed by atoms with E-state index in [9.17, 15) is 4.79 Å². The summed E-state index contributed by atoms with van der Waals surface area (Å²) in [6.07, 6.45) is 1.50. The molecule has 3 nitrogen and oxygen atoms in total. The zero-order chi connectivity index (χ0) is 13.0. The van der Waals surface area contributed by atoms with Gasteiger partial charge in [0.1, 0.15) is 0 Å². The van der Waals surface area contributed by atoms with Crippen LogP contribution in [-0.4, -0.2) is 16.1 Å². The van der Waals surface area contributed by atoms with Crippen molar-refractivity contribution in [2.24, 2.45) is 0 Å². The quantitative estimate of drug-likeness (QED) is 0.868. The van der Waals surface area contributed by atoms with Gasteiger partial charge in [-0.1, -0.05) is 18.2 Å². The highest BCUT2D eigenvalue weighted by Crippen LogP contribution is 2.30. The first kappa shape index (κ1) is 13.1. The minimum absolute atomic E-state index is 0.122. The molecular formula is C13H10BrNO2S. The minimum Gasteiger partial charge on any atom is -0.477 e. The number of hydrogen-bond donors (Lipinski definition) is 1. The van der Waals surface area contributed by atoms with E-state index < -0.39 is 5.97 Å². The van der Waals surface area contributed by atoms with E-state index >= 15 is 0 Å². The molecular weight excluding hydrogens is 314 g/mol. The molecule has 0 unspecified atom stereocenters. The van der Waals surface area contributed by atoms with Gasteiger partial charge in [-0.2, -0.15) is 0 Å². The van der Waals surface area contributed by atoms with Crippen molar-refractivity contribution in [3.8, 4) is 0 Å². The predicted octanol–water partition coefficient (Wildman–Crippen LogP) is 3.83. The van der Waals surface area contributed by atoms with E-state index in [1.807, 2.05) is 24.3 Å². The summed E-state index contributed by atoms with van der Waals surface area (Å²) in [5, 5.41) is 9.04. The van der Waals surface area contributed by atoms with Gasteiger partial charge in [0.2, 0.25) is 0 Å². The SMILES string of the molecule is O=C(O)c1ncccc1CSc1ccccc1Br. The van der Waals surface area contributed by atoms with E-state index in [4.69, 9.17) is 5.11 Å². The molecule has 1 heterocycles. The lowest BCUT2D eigenvalue weighted by Gasteiger charge is -2.06. The zero-order valence-electron chi connectivity index (χ0n) is 9.34. The van der Waals surface area contributed by atoms with E-state index in [2.05, 4.69) is 20.9 Å². The molecule has 0 aliphatic rings. The third-order valence-corrected chi connectivity index (χ3v) is 4.39. The lowest BCUT2D eigenvalue weighted by molar-refractivity contribution is 0.0689. The summed E-state index contributed by atoms with van der Waals surface area (Å²) >= 11 is 5.05. The maximum absolute atomic E-state index is 11.0. The van der Waals surface area contributed by atoms with Crippen LogP contribution in [0, 0.1) is 0 Å². The summed E-state index contributed by atoms with van der Waals surface area (Å²) in [6, 6.07) is 11.4. The number of thioether (sulfide) groups is 1. The van der Waals surface area contributed by atoms with Crippen LogP contribution >= 0.6 is 27.7 Å². The summed E-state index contributed by atoms with van der Waals surface area (Å²) in [5.74, 6) is -0.406. The van der Waals surface area contributed by atoms with Gasteiger partial charge < -0.3 is 5.11 Å². The molecule has 0 saturated heterocycles. The Labute approximate surface area is 117 Å². The van der Waals surface area contributed by atoms with E-state index in [-0.39, 0.29) is 5.69 Å². The average molecular weight is 324 g/mol. The van der Waals surface area contributed by atoms with Crippen molar-refractivity contribution in [2.45, 2.75) is 10.6 Å². The fourth-order valence-corrected chi connectivity index (χ4v) is 3.02. The minimum atomic E-state index is -0.988. The third-order valence-electron chi connectivity index (χ3n) is 2.31. The number of carboxylic acid groups (broad SMARTS) is 1. The van der Waals surface area contributed by atoms with E-state index in [1.165, 1.54) is 6.20 Å². The number of pyridine rings is 1. The van der Waals surface area contributed by atoms with Gasteiger partial charge in [0.25, 0.3) is 0 Å². The average Bonchev–Trinajstić information content (AvgIpc) is 2.38. The second kappa shape index (κ2) is 6.02. The number of aromatic carboxylic acids is 1. The Morgan fingerprint density at radius 2 is 2.06 bits per heavy atom. The van der Waals surface area contributed by atoms with Gasteiger partial charge in [0, 0.05) is 21.3 Å². The second-order valence-corrected chi connectivity index (χ2v) is 5.41.